The topological polar surface area (TPSA) is 52.6 Å². The summed E-state index contributed by atoms with van der Waals surface area (Å²) in [6, 6.07) is 1.03. The van der Waals surface area contributed by atoms with Gasteiger partial charge in [0.2, 0.25) is 5.91 Å². The van der Waals surface area contributed by atoms with Crippen molar-refractivity contribution in [2.75, 3.05) is 13.1 Å². The zero-order chi connectivity index (χ0) is 15.6. The molecular weight excluding hydrogens is 276 g/mol. The fourth-order valence-electron chi connectivity index (χ4n) is 4.46. The predicted molar refractivity (Wildman–Crippen MR) is 87.6 cm³/mol. The van der Waals surface area contributed by atoms with Crippen molar-refractivity contribution in [3.8, 4) is 0 Å². The summed E-state index contributed by atoms with van der Waals surface area (Å²) in [7, 11) is 0. The molecule has 0 aromatic carbocycles. The van der Waals surface area contributed by atoms with E-state index in [1.807, 2.05) is 0 Å². The number of rotatable bonds is 5. The number of carbonyl (C=O) groups is 1. The van der Waals surface area contributed by atoms with Crippen molar-refractivity contribution in [1.82, 2.24) is 10.2 Å². The van der Waals surface area contributed by atoms with Crippen LogP contribution in [0.5, 0.6) is 0 Å². The van der Waals surface area contributed by atoms with Gasteiger partial charge in [-0.2, -0.15) is 0 Å². The summed E-state index contributed by atoms with van der Waals surface area (Å²) < 4.78 is 0. The van der Waals surface area contributed by atoms with Gasteiger partial charge in [0.15, 0.2) is 0 Å². The number of piperidine rings is 1. The first-order chi connectivity index (χ1) is 10.6. The summed E-state index contributed by atoms with van der Waals surface area (Å²) >= 11 is 0. The molecule has 1 aliphatic heterocycles. The van der Waals surface area contributed by atoms with E-state index < -0.39 is 5.60 Å². The monoisotopic (exact) mass is 308 g/mol. The highest BCUT2D eigenvalue weighted by Gasteiger charge is 2.35. The maximum absolute atomic E-state index is 12.3. The second-order valence-corrected chi connectivity index (χ2v) is 7.95. The molecule has 2 saturated carbocycles. The van der Waals surface area contributed by atoms with Gasteiger partial charge in [0.25, 0.3) is 0 Å². The largest absolute Gasteiger partial charge is 0.389 e. The average Bonchev–Trinajstić information content (AvgIpc) is 2.83. The molecule has 1 heterocycles. The molecule has 126 valence electrons. The zero-order valence-electron chi connectivity index (χ0n) is 14.0. The quantitative estimate of drug-likeness (QED) is 0.820. The Bertz CT molecular complexity index is 389. The summed E-state index contributed by atoms with van der Waals surface area (Å²) in [5.74, 6) is 0.606. The number of carbonyl (C=O) groups excluding carboxylic acids is 1. The van der Waals surface area contributed by atoms with Crippen molar-refractivity contribution in [3.63, 3.8) is 0 Å². The molecule has 2 unspecified atom stereocenters. The molecule has 3 rings (SSSR count). The minimum atomic E-state index is -0.728. The van der Waals surface area contributed by atoms with Crippen molar-refractivity contribution in [2.24, 2.45) is 5.92 Å². The highest BCUT2D eigenvalue weighted by molar-refractivity contribution is 5.77. The molecule has 3 aliphatic rings. The first-order valence-corrected chi connectivity index (χ1v) is 9.31. The molecule has 1 saturated heterocycles. The van der Waals surface area contributed by atoms with Gasteiger partial charge >= 0.3 is 0 Å². The van der Waals surface area contributed by atoms with Crippen LogP contribution in [0.3, 0.4) is 0 Å². The number of likely N-dealkylation sites (tertiary alicyclic amines) is 1. The van der Waals surface area contributed by atoms with Gasteiger partial charge in [-0.3, -0.25) is 4.79 Å². The molecular formula is C18H32N2O2. The fraction of sp³-hybridized carbons (Fsp3) is 0.944. The van der Waals surface area contributed by atoms with Crippen LogP contribution in [0, 0.1) is 5.92 Å². The van der Waals surface area contributed by atoms with E-state index in [0.717, 1.165) is 38.3 Å². The molecule has 4 heteroatoms. The smallest absolute Gasteiger partial charge is 0.223 e. The van der Waals surface area contributed by atoms with Gasteiger partial charge in [-0.15, -0.1) is 0 Å². The van der Waals surface area contributed by atoms with Crippen molar-refractivity contribution >= 4 is 5.91 Å². The van der Waals surface area contributed by atoms with Gasteiger partial charge in [0.1, 0.15) is 0 Å². The SMILES string of the molecule is CC(NC(=O)CC1(O)CCCC1)C1CCCN(C2CCC2)C1. The highest BCUT2D eigenvalue weighted by Crippen LogP contribution is 2.33. The van der Waals surface area contributed by atoms with Gasteiger partial charge in [-0.25, -0.2) is 0 Å². The highest BCUT2D eigenvalue weighted by atomic mass is 16.3. The lowest BCUT2D eigenvalue weighted by Crippen LogP contribution is -2.51. The van der Waals surface area contributed by atoms with Gasteiger partial charge < -0.3 is 15.3 Å². The third-order valence-corrected chi connectivity index (χ3v) is 6.20. The first-order valence-electron chi connectivity index (χ1n) is 9.31. The Labute approximate surface area is 134 Å². The van der Waals surface area contributed by atoms with Crippen LogP contribution >= 0.6 is 0 Å². The van der Waals surface area contributed by atoms with Crippen LogP contribution in [0.4, 0.5) is 0 Å². The average molecular weight is 308 g/mol. The summed E-state index contributed by atoms with van der Waals surface area (Å²) in [6.45, 7) is 4.52. The van der Waals surface area contributed by atoms with Crippen LogP contribution in [0.1, 0.15) is 71.1 Å². The van der Waals surface area contributed by atoms with Crippen LogP contribution in [-0.4, -0.2) is 46.7 Å². The number of nitrogens with one attached hydrogen (secondary N) is 1. The summed E-state index contributed by atoms with van der Waals surface area (Å²) in [4.78, 5) is 14.9. The lowest BCUT2D eigenvalue weighted by molar-refractivity contribution is -0.127. The molecule has 0 spiro atoms. The van der Waals surface area contributed by atoms with E-state index in [1.165, 1.54) is 38.6 Å². The molecule has 2 atom stereocenters. The standard InChI is InChI=1S/C18H32N2O2/c1-14(19-17(21)12-18(22)9-2-3-10-18)15-6-5-11-20(13-15)16-7-4-8-16/h14-16,22H,2-13H2,1H3,(H,19,21). The van der Waals surface area contributed by atoms with Crippen molar-refractivity contribution in [2.45, 2.75) is 88.8 Å². The van der Waals surface area contributed by atoms with Crippen LogP contribution in [0.15, 0.2) is 0 Å². The summed E-state index contributed by atoms with van der Waals surface area (Å²) in [6.07, 6.45) is 10.5. The molecule has 2 aliphatic carbocycles. The third-order valence-electron chi connectivity index (χ3n) is 6.20. The van der Waals surface area contributed by atoms with E-state index in [2.05, 4.69) is 17.1 Å². The molecule has 22 heavy (non-hydrogen) atoms. The first kappa shape index (κ1) is 16.3. The number of hydrogen-bond acceptors (Lipinski definition) is 3. The molecule has 0 bridgehead atoms. The Balaban J connectivity index is 1.46. The van der Waals surface area contributed by atoms with Gasteiger partial charge in [-0.05, 0) is 57.9 Å². The Hall–Kier alpha value is -0.610. The third kappa shape index (κ3) is 3.83. The molecule has 0 aromatic heterocycles. The fourth-order valence-corrected chi connectivity index (χ4v) is 4.46. The van der Waals surface area contributed by atoms with E-state index in [9.17, 15) is 9.90 Å². The second-order valence-electron chi connectivity index (χ2n) is 7.95. The Morgan fingerprint density at radius 2 is 1.95 bits per heavy atom. The summed E-state index contributed by atoms with van der Waals surface area (Å²) in [5.41, 5.74) is -0.728. The van der Waals surface area contributed by atoms with Crippen LogP contribution in [0.25, 0.3) is 0 Å². The summed E-state index contributed by atoms with van der Waals surface area (Å²) in [5, 5.41) is 13.5. The van der Waals surface area contributed by atoms with E-state index in [1.54, 1.807) is 0 Å². The Morgan fingerprint density at radius 3 is 2.59 bits per heavy atom. The minimum absolute atomic E-state index is 0.0395. The van der Waals surface area contributed by atoms with Crippen LogP contribution < -0.4 is 5.32 Å². The molecule has 3 fully saturated rings. The lowest BCUT2D eigenvalue weighted by Gasteiger charge is -2.44. The maximum atomic E-state index is 12.3. The molecule has 4 nitrogen and oxygen atoms in total. The van der Waals surface area contributed by atoms with E-state index in [0.29, 0.717) is 5.92 Å². The van der Waals surface area contributed by atoms with E-state index in [4.69, 9.17) is 0 Å². The number of amides is 1. The minimum Gasteiger partial charge on any atom is -0.389 e. The Kier molecular flexibility index (Phi) is 5.08. The maximum Gasteiger partial charge on any atom is 0.223 e. The van der Waals surface area contributed by atoms with Crippen molar-refractivity contribution in [1.29, 1.82) is 0 Å². The van der Waals surface area contributed by atoms with Crippen LogP contribution in [0.2, 0.25) is 0 Å². The van der Waals surface area contributed by atoms with Gasteiger partial charge in [0, 0.05) is 18.6 Å². The molecule has 0 radical (unpaired) electrons. The molecule has 0 aromatic rings. The molecule has 2 N–H and O–H groups in total. The van der Waals surface area contributed by atoms with Crippen molar-refractivity contribution < 1.29 is 9.90 Å². The predicted octanol–water partition coefficient (Wildman–Crippen LogP) is 2.45. The second kappa shape index (κ2) is 6.88. The lowest BCUT2D eigenvalue weighted by atomic mass is 9.85. The zero-order valence-corrected chi connectivity index (χ0v) is 14.0. The van der Waals surface area contributed by atoms with E-state index in [-0.39, 0.29) is 18.4 Å². The van der Waals surface area contributed by atoms with Crippen LogP contribution in [-0.2, 0) is 4.79 Å². The van der Waals surface area contributed by atoms with Gasteiger partial charge in [0.05, 0.1) is 12.0 Å². The number of hydrogen-bond donors (Lipinski definition) is 2. The van der Waals surface area contributed by atoms with E-state index >= 15 is 0 Å². The normalized spacial score (nSPS) is 30.7. The molecule has 1 amide bonds. The van der Waals surface area contributed by atoms with Crippen molar-refractivity contribution in [3.05, 3.63) is 0 Å². The number of nitrogens with zero attached hydrogens (tertiary/aromatic N) is 1. The van der Waals surface area contributed by atoms with Gasteiger partial charge in [-0.1, -0.05) is 19.3 Å². The Morgan fingerprint density at radius 1 is 1.23 bits per heavy atom. The number of aliphatic hydroxyl groups is 1.